The van der Waals surface area contributed by atoms with Crippen molar-refractivity contribution in [2.75, 3.05) is 16.4 Å². The Hall–Kier alpha value is -3.13. The molecule has 3 rings (SSSR count). The van der Waals surface area contributed by atoms with E-state index in [1.165, 1.54) is 0 Å². The Morgan fingerprint density at radius 1 is 1.12 bits per heavy atom. The highest BCUT2D eigenvalue weighted by molar-refractivity contribution is 9.10. The lowest BCUT2D eigenvalue weighted by Gasteiger charge is -2.12. The molecule has 8 heteroatoms. The van der Waals surface area contributed by atoms with Gasteiger partial charge in [-0.3, -0.25) is 0 Å². The second kappa shape index (κ2) is 7.83. The Kier molecular flexibility index (Phi) is 5.33. The van der Waals surface area contributed by atoms with Crippen LogP contribution < -0.4 is 21.1 Å². The summed E-state index contributed by atoms with van der Waals surface area (Å²) >= 11 is 3.27. The molecule has 7 nitrogen and oxygen atoms in total. The van der Waals surface area contributed by atoms with Crippen LogP contribution in [0.2, 0.25) is 0 Å². The number of aryl methyl sites for hydroxylation is 1. The van der Waals surface area contributed by atoms with Gasteiger partial charge < -0.3 is 21.1 Å². The number of halogens is 1. The Morgan fingerprint density at radius 3 is 2.54 bits per heavy atom. The number of hydrogen-bond acceptors (Lipinski definition) is 5. The molecule has 0 aliphatic rings. The van der Waals surface area contributed by atoms with Gasteiger partial charge in [0.25, 0.3) is 0 Å². The predicted molar refractivity (Wildman–Crippen MR) is 104 cm³/mol. The van der Waals surface area contributed by atoms with E-state index in [1.54, 1.807) is 54.9 Å². The summed E-state index contributed by atoms with van der Waals surface area (Å²) in [6.07, 6.45) is 3.21. The zero-order chi connectivity index (χ0) is 18.5. The van der Waals surface area contributed by atoms with Crippen molar-refractivity contribution in [2.45, 2.75) is 6.92 Å². The number of benzene rings is 2. The van der Waals surface area contributed by atoms with E-state index in [4.69, 9.17) is 10.5 Å². The van der Waals surface area contributed by atoms with Crippen LogP contribution in [0.15, 0.2) is 59.3 Å². The maximum atomic E-state index is 12.1. The first kappa shape index (κ1) is 17.7. The molecular formula is C18H16BrN5O2. The van der Waals surface area contributed by atoms with Crippen LogP contribution in [0.5, 0.6) is 11.8 Å². The lowest BCUT2D eigenvalue weighted by Crippen LogP contribution is -2.20. The summed E-state index contributed by atoms with van der Waals surface area (Å²) in [5, 5.41) is 5.47. The number of nitrogen functional groups attached to an aromatic ring is 1. The van der Waals surface area contributed by atoms with Crippen molar-refractivity contribution in [3.05, 3.63) is 64.9 Å². The molecule has 1 heterocycles. The number of carbonyl (C=O) groups excluding carboxylic acids is 1. The summed E-state index contributed by atoms with van der Waals surface area (Å²) in [5.41, 5.74) is 8.31. The zero-order valence-corrected chi connectivity index (χ0v) is 15.4. The first-order chi connectivity index (χ1) is 12.5. The molecule has 0 bridgehead atoms. The highest BCUT2D eigenvalue weighted by Gasteiger charge is 2.08. The number of nitrogens with one attached hydrogen (secondary N) is 2. The average molecular weight is 414 g/mol. The first-order valence-corrected chi connectivity index (χ1v) is 8.49. The minimum Gasteiger partial charge on any atom is -0.424 e. The normalized spacial score (nSPS) is 10.2. The minimum atomic E-state index is -0.382. The fraction of sp³-hybridized carbons (Fsp3) is 0.0556. The minimum absolute atomic E-state index is 0.245. The molecule has 0 radical (unpaired) electrons. The van der Waals surface area contributed by atoms with E-state index in [0.29, 0.717) is 22.8 Å². The molecule has 0 fully saturated rings. The lowest BCUT2D eigenvalue weighted by atomic mass is 10.2. The summed E-state index contributed by atoms with van der Waals surface area (Å²) in [6.45, 7) is 1.87. The molecule has 2 aromatic carbocycles. The first-order valence-electron chi connectivity index (χ1n) is 7.70. The topological polar surface area (TPSA) is 102 Å². The highest BCUT2D eigenvalue weighted by Crippen LogP contribution is 2.26. The molecule has 0 aliphatic carbocycles. The number of rotatable bonds is 4. The van der Waals surface area contributed by atoms with Crippen molar-refractivity contribution in [1.29, 1.82) is 0 Å². The highest BCUT2D eigenvalue weighted by atomic mass is 79.9. The molecular weight excluding hydrogens is 398 g/mol. The number of urea groups is 1. The van der Waals surface area contributed by atoms with Crippen LogP contribution in [0.25, 0.3) is 0 Å². The van der Waals surface area contributed by atoms with Crippen molar-refractivity contribution in [1.82, 2.24) is 9.97 Å². The third kappa shape index (κ3) is 4.48. The predicted octanol–water partition coefficient (Wildman–Crippen LogP) is 4.57. The molecule has 0 spiro atoms. The van der Waals surface area contributed by atoms with E-state index < -0.39 is 0 Å². The lowest BCUT2D eigenvalue weighted by molar-refractivity contribution is 0.262. The van der Waals surface area contributed by atoms with E-state index in [9.17, 15) is 4.79 Å². The number of anilines is 3. The van der Waals surface area contributed by atoms with Gasteiger partial charge in [-0.05, 0) is 58.7 Å². The molecule has 0 unspecified atom stereocenters. The quantitative estimate of drug-likeness (QED) is 0.543. The summed E-state index contributed by atoms with van der Waals surface area (Å²) < 4.78 is 6.42. The molecule has 4 N–H and O–H groups in total. The molecule has 132 valence electrons. The van der Waals surface area contributed by atoms with E-state index in [-0.39, 0.29) is 12.0 Å². The van der Waals surface area contributed by atoms with Crippen LogP contribution in [0.1, 0.15) is 5.56 Å². The van der Waals surface area contributed by atoms with Gasteiger partial charge in [0.1, 0.15) is 5.75 Å². The number of nitrogens with two attached hydrogens (primary N) is 1. The summed E-state index contributed by atoms with van der Waals surface area (Å²) in [5.74, 6) is 0.602. The van der Waals surface area contributed by atoms with Crippen molar-refractivity contribution < 1.29 is 9.53 Å². The van der Waals surface area contributed by atoms with Gasteiger partial charge in [0.2, 0.25) is 0 Å². The maximum absolute atomic E-state index is 12.1. The van der Waals surface area contributed by atoms with E-state index >= 15 is 0 Å². The molecule has 0 aliphatic heterocycles. The van der Waals surface area contributed by atoms with Crippen LogP contribution >= 0.6 is 15.9 Å². The van der Waals surface area contributed by atoms with E-state index in [0.717, 1.165) is 10.0 Å². The van der Waals surface area contributed by atoms with Crippen molar-refractivity contribution >= 4 is 39.0 Å². The van der Waals surface area contributed by atoms with Crippen LogP contribution in [-0.4, -0.2) is 16.0 Å². The fourth-order valence-electron chi connectivity index (χ4n) is 2.19. The number of hydrogen-bond donors (Lipinski definition) is 3. The zero-order valence-electron chi connectivity index (χ0n) is 13.9. The van der Waals surface area contributed by atoms with E-state index in [2.05, 4.69) is 36.5 Å². The molecule has 0 saturated heterocycles. The molecule has 26 heavy (non-hydrogen) atoms. The van der Waals surface area contributed by atoms with Crippen LogP contribution in [-0.2, 0) is 0 Å². The van der Waals surface area contributed by atoms with Crippen molar-refractivity contribution in [3.8, 4) is 11.8 Å². The third-order valence-corrected chi connectivity index (χ3v) is 3.85. The van der Waals surface area contributed by atoms with Gasteiger partial charge in [-0.25, -0.2) is 14.8 Å². The van der Waals surface area contributed by atoms with Crippen molar-refractivity contribution in [3.63, 3.8) is 0 Å². The van der Waals surface area contributed by atoms with E-state index in [1.807, 2.05) is 6.92 Å². The second-order valence-corrected chi connectivity index (χ2v) is 6.35. The molecule has 3 aromatic rings. The number of ether oxygens (including phenoxy) is 1. The van der Waals surface area contributed by atoms with Gasteiger partial charge in [0, 0.05) is 18.1 Å². The Balaban J connectivity index is 1.66. The Bertz CT molecular complexity index is 931. The molecule has 0 saturated carbocycles. The summed E-state index contributed by atoms with van der Waals surface area (Å²) in [7, 11) is 0. The number of amides is 2. The van der Waals surface area contributed by atoms with Crippen LogP contribution in [0.4, 0.5) is 21.9 Å². The largest absolute Gasteiger partial charge is 0.424 e. The van der Waals surface area contributed by atoms with Gasteiger partial charge >= 0.3 is 12.0 Å². The molecule has 2 amide bonds. The summed E-state index contributed by atoms with van der Waals surface area (Å²) in [6, 6.07) is 12.2. The smallest absolute Gasteiger partial charge is 0.323 e. The average Bonchev–Trinajstić information content (AvgIpc) is 2.61. The van der Waals surface area contributed by atoms with Gasteiger partial charge in [0.15, 0.2) is 0 Å². The van der Waals surface area contributed by atoms with Crippen molar-refractivity contribution in [2.24, 2.45) is 0 Å². The van der Waals surface area contributed by atoms with Gasteiger partial charge in [0.05, 0.1) is 15.8 Å². The Morgan fingerprint density at radius 2 is 1.85 bits per heavy atom. The van der Waals surface area contributed by atoms with Crippen LogP contribution in [0.3, 0.4) is 0 Å². The number of aromatic nitrogens is 2. The number of para-hydroxylation sites is 2. The standard InChI is InChI=1S/C18H16BrN5O2/c1-11-8-13(23-17(25)24-15-5-3-2-4-14(15)20)6-7-16(11)26-18-21-9-12(19)10-22-18/h2-10H,20H2,1H3,(H2,23,24,25). The summed E-state index contributed by atoms with van der Waals surface area (Å²) in [4.78, 5) is 20.3. The molecule has 0 atom stereocenters. The van der Waals surface area contributed by atoms with Gasteiger partial charge in [-0.2, -0.15) is 0 Å². The fourth-order valence-corrected chi connectivity index (χ4v) is 2.39. The van der Waals surface area contributed by atoms with Gasteiger partial charge in [-0.1, -0.05) is 12.1 Å². The number of carbonyl (C=O) groups is 1. The second-order valence-electron chi connectivity index (χ2n) is 5.43. The maximum Gasteiger partial charge on any atom is 0.323 e. The van der Waals surface area contributed by atoms with Gasteiger partial charge in [-0.15, -0.1) is 0 Å². The molecule has 1 aromatic heterocycles. The Labute approximate surface area is 158 Å². The SMILES string of the molecule is Cc1cc(NC(=O)Nc2ccccc2N)ccc1Oc1ncc(Br)cn1. The van der Waals surface area contributed by atoms with Crippen LogP contribution in [0, 0.1) is 6.92 Å². The number of nitrogens with zero attached hydrogens (tertiary/aromatic N) is 2. The third-order valence-electron chi connectivity index (χ3n) is 3.44. The monoisotopic (exact) mass is 413 g/mol.